The third kappa shape index (κ3) is 3.76. The number of hydrogen-bond donors (Lipinski definition) is 2. The Hall–Kier alpha value is -2.55. The highest BCUT2D eigenvalue weighted by atomic mass is 32.2. The fraction of sp³-hybridized carbons (Fsp3) is 0.375. The smallest absolute Gasteiger partial charge is 0.269 e. The monoisotopic (exact) mass is 365 g/mol. The van der Waals surface area contributed by atoms with Gasteiger partial charge >= 0.3 is 0 Å². The van der Waals surface area contributed by atoms with E-state index >= 15 is 0 Å². The van der Waals surface area contributed by atoms with Gasteiger partial charge in [0.25, 0.3) is 5.91 Å². The minimum atomic E-state index is -3.04. The van der Waals surface area contributed by atoms with Crippen molar-refractivity contribution < 1.29 is 22.7 Å². The van der Waals surface area contributed by atoms with E-state index in [1.54, 1.807) is 32.4 Å². The van der Waals surface area contributed by atoms with Crippen LogP contribution in [0, 0.1) is 0 Å². The maximum atomic E-state index is 12.3. The highest BCUT2D eigenvalue weighted by molar-refractivity contribution is 7.91. The van der Waals surface area contributed by atoms with Gasteiger partial charge in [0.05, 0.1) is 31.4 Å². The molecule has 9 heteroatoms. The Morgan fingerprint density at radius 1 is 1.24 bits per heavy atom. The number of nitrogens with zero attached hydrogens (tertiary/aromatic N) is 1. The zero-order valence-electron chi connectivity index (χ0n) is 13.9. The van der Waals surface area contributed by atoms with Crippen molar-refractivity contribution >= 4 is 15.7 Å². The van der Waals surface area contributed by atoms with Crippen molar-refractivity contribution in [2.24, 2.45) is 0 Å². The van der Waals surface area contributed by atoms with Crippen LogP contribution in [0.1, 0.15) is 16.9 Å². The van der Waals surface area contributed by atoms with Crippen molar-refractivity contribution in [3.63, 3.8) is 0 Å². The Kier molecular flexibility index (Phi) is 4.67. The quantitative estimate of drug-likeness (QED) is 0.818. The third-order valence-corrected chi connectivity index (χ3v) is 5.84. The van der Waals surface area contributed by atoms with Gasteiger partial charge in [0.15, 0.2) is 21.3 Å². The molecule has 1 aromatic heterocycles. The first kappa shape index (κ1) is 17.3. The summed E-state index contributed by atoms with van der Waals surface area (Å²) in [5.41, 5.74) is 1.61. The molecule has 0 radical (unpaired) electrons. The molecular formula is C16H19N3O5S. The van der Waals surface area contributed by atoms with E-state index in [1.807, 2.05) is 6.07 Å². The van der Waals surface area contributed by atoms with E-state index in [0.29, 0.717) is 23.6 Å². The number of sulfone groups is 1. The number of hydrogen-bond acceptors (Lipinski definition) is 6. The van der Waals surface area contributed by atoms with Crippen molar-refractivity contribution in [1.82, 2.24) is 15.5 Å². The number of aromatic nitrogens is 2. The number of amides is 1. The van der Waals surface area contributed by atoms with Crippen LogP contribution in [0.15, 0.2) is 24.3 Å². The molecule has 0 bridgehead atoms. The van der Waals surface area contributed by atoms with Crippen LogP contribution in [-0.2, 0) is 9.84 Å². The minimum Gasteiger partial charge on any atom is -0.493 e. The summed E-state index contributed by atoms with van der Waals surface area (Å²) in [6.45, 7) is 0. The first-order valence-electron chi connectivity index (χ1n) is 7.71. The van der Waals surface area contributed by atoms with Crippen molar-refractivity contribution in [3.8, 4) is 22.8 Å². The summed E-state index contributed by atoms with van der Waals surface area (Å²) in [5, 5.41) is 9.54. The van der Waals surface area contributed by atoms with E-state index in [2.05, 4.69) is 15.5 Å². The van der Waals surface area contributed by atoms with Crippen molar-refractivity contribution in [2.75, 3.05) is 25.7 Å². The highest BCUT2D eigenvalue weighted by Crippen LogP contribution is 2.31. The second-order valence-electron chi connectivity index (χ2n) is 5.81. The molecule has 2 heterocycles. The Balaban J connectivity index is 1.75. The Bertz CT molecular complexity index is 891. The number of ether oxygens (including phenoxy) is 2. The van der Waals surface area contributed by atoms with Crippen LogP contribution < -0.4 is 14.8 Å². The van der Waals surface area contributed by atoms with Crippen LogP contribution in [0.4, 0.5) is 0 Å². The molecule has 1 aliphatic heterocycles. The van der Waals surface area contributed by atoms with Gasteiger partial charge in [-0.05, 0) is 30.7 Å². The zero-order chi connectivity index (χ0) is 18.0. The molecule has 3 rings (SSSR count). The fourth-order valence-electron chi connectivity index (χ4n) is 2.75. The van der Waals surface area contributed by atoms with Gasteiger partial charge in [-0.1, -0.05) is 0 Å². The molecule has 25 heavy (non-hydrogen) atoms. The number of H-pyrrole nitrogens is 1. The molecule has 0 unspecified atom stereocenters. The molecular weight excluding hydrogens is 346 g/mol. The van der Waals surface area contributed by atoms with E-state index in [1.165, 1.54) is 0 Å². The number of carbonyl (C=O) groups is 1. The number of aromatic amines is 1. The summed E-state index contributed by atoms with van der Waals surface area (Å²) in [6, 6.07) is 6.58. The second kappa shape index (κ2) is 6.75. The van der Waals surface area contributed by atoms with Crippen molar-refractivity contribution in [3.05, 3.63) is 30.0 Å². The molecule has 0 saturated carbocycles. The predicted molar refractivity (Wildman–Crippen MR) is 91.7 cm³/mol. The lowest BCUT2D eigenvalue weighted by Crippen LogP contribution is -2.35. The van der Waals surface area contributed by atoms with Gasteiger partial charge in [0.1, 0.15) is 5.69 Å². The molecule has 134 valence electrons. The van der Waals surface area contributed by atoms with E-state index in [0.717, 1.165) is 5.56 Å². The first-order valence-corrected chi connectivity index (χ1v) is 9.53. The standard InChI is InChI=1S/C16H19N3O5S/c1-23-14-4-3-10(7-15(14)24-2)12-8-13(19-18-12)16(20)17-11-5-6-25(21,22)9-11/h3-4,7-8,11H,5-6,9H2,1-2H3,(H,17,20)(H,18,19)/t11-/m0/s1. The molecule has 1 aromatic carbocycles. The molecule has 0 aliphatic carbocycles. The van der Waals surface area contributed by atoms with Crippen molar-refractivity contribution in [1.29, 1.82) is 0 Å². The van der Waals surface area contributed by atoms with Gasteiger partial charge in [-0.3, -0.25) is 9.89 Å². The average Bonchev–Trinajstić information content (AvgIpc) is 3.21. The number of carbonyl (C=O) groups excluding carboxylic acids is 1. The van der Waals surface area contributed by atoms with Crippen LogP contribution in [0.5, 0.6) is 11.5 Å². The molecule has 1 atom stereocenters. The number of benzene rings is 1. The minimum absolute atomic E-state index is 0.0184. The van der Waals surface area contributed by atoms with Gasteiger partial charge in [0.2, 0.25) is 0 Å². The molecule has 0 spiro atoms. The largest absolute Gasteiger partial charge is 0.493 e. The van der Waals surface area contributed by atoms with Crippen LogP contribution >= 0.6 is 0 Å². The topological polar surface area (TPSA) is 110 Å². The lowest BCUT2D eigenvalue weighted by molar-refractivity contribution is 0.0936. The van der Waals surface area contributed by atoms with E-state index in [9.17, 15) is 13.2 Å². The van der Waals surface area contributed by atoms with Crippen LogP contribution in [0.25, 0.3) is 11.3 Å². The third-order valence-electron chi connectivity index (χ3n) is 4.07. The molecule has 8 nitrogen and oxygen atoms in total. The summed E-state index contributed by atoms with van der Waals surface area (Å²) in [5.74, 6) is 0.876. The summed E-state index contributed by atoms with van der Waals surface area (Å²) in [4.78, 5) is 12.3. The Morgan fingerprint density at radius 2 is 2.00 bits per heavy atom. The van der Waals surface area contributed by atoms with E-state index < -0.39 is 9.84 Å². The first-order chi connectivity index (χ1) is 11.9. The van der Waals surface area contributed by atoms with Crippen molar-refractivity contribution in [2.45, 2.75) is 12.5 Å². The Labute approximate surface area is 145 Å². The highest BCUT2D eigenvalue weighted by Gasteiger charge is 2.29. The van der Waals surface area contributed by atoms with Gasteiger partial charge in [-0.25, -0.2) is 8.42 Å². The van der Waals surface area contributed by atoms with Gasteiger partial charge < -0.3 is 14.8 Å². The molecule has 2 N–H and O–H groups in total. The summed E-state index contributed by atoms with van der Waals surface area (Å²) < 4.78 is 33.4. The number of methoxy groups -OCH3 is 2. The molecule has 1 aliphatic rings. The van der Waals surface area contributed by atoms with Gasteiger partial charge in [-0.15, -0.1) is 0 Å². The van der Waals surface area contributed by atoms with Crippen LogP contribution in [-0.4, -0.2) is 56.3 Å². The molecule has 1 fully saturated rings. The van der Waals surface area contributed by atoms with E-state index in [-0.39, 0.29) is 29.1 Å². The lowest BCUT2D eigenvalue weighted by atomic mass is 10.1. The summed E-state index contributed by atoms with van der Waals surface area (Å²) in [7, 11) is 0.0540. The number of nitrogens with one attached hydrogen (secondary N) is 2. The second-order valence-corrected chi connectivity index (χ2v) is 8.04. The summed E-state index contributed by atoms with van der Waals surface area (Å²) in [6.07, 6.45) is 0.435. The number of rotatable bonds is 5. The normalized spacial score (nSPS) is 18.7. The fourth-order valence-corrected chi connectivity index (χ4v) is 4.43. The Morgan fingerprint density at radius 3 is 2.64 bits per heavy atom. The average molecular weight is 365 g/mol. The predicted octanol–water partition coefficient (Wildman–Crippen LogP) is 1.01. The van der Waals surface area contributed by atoms with E-state index in [4.69, 9.17) is 9.47 Å². The SMILES string of the molecule is COc1ccc(-c2cc(C(=O)N[C@H]3CCS(=O)(=O)C3)[nH]n2)cc1OC. The van der Waals surface area contributed by atoms with Gasteiger partial charge in [-0.2, -0.15) is 5.10 Å². The molecule has 2 aromatic rings. The maximum Gasteiger partial charge on any atom is 0.269 e. The summed E-state index contributed by atoms with van der Waals surface area (Å²) >= 11 is 0. The van der Waals surface area contributed by atoms with Crippen LogP contribution in [0.2, 0.25) is 0 Å². The van der Waals surface area contributed by atoms with Crippen LogP contribution in [0.3, 0.4) is 0 Å². The molecule has 1 saturated heterocycles. The van der Waals surface area contributed by atoms with Gasteiger partial charge in [0, 0.05) is 11.6 Å². The molecule has 1 amide bonds. The lowest BCUT2D eigenvalue weighted by Gasteiger charge is -2.09. The maximum absolute atomic E-state index is 12.3. The zero-order valence-corrected chi connectivity index (χ0v) is 14.7.